The van der Waals surface area contributed by atoms with Gasteiger partial charge in [-0.15, -0.1) is 0 Å². The number of carbonyl (C=O) groups excluding carboxylic acids is 1. The molecule has 1 aliphatic carbocycles. The van der Waals surface area contributed by atoms with E-state index in [4.69, 9.17) is 0 Å². The number of nitrogens with one attached hydrogen (secondary N) is 2. The summed E-state index contributed by atoms with van der Waals surface area (Å²) in [5.41, 5.74) is 2.86. The molecular formula is C24H24N2O3S. The Bertz CT molecular complexity index is 1140. The van der Waals surface area contributed by atoms with Gasteiger partial charge in [0.25, 0.3) is 5.91 Å². The summed E-state index contributed by atoms with van der Waals surface area (Å²) >= 11 is 0. The van der Waals surface area contributed by atoms with E-state index in [0.29, 0.717) is 11.3 Å². The molecule has 1 fully saturated rings. The Labute approximate surface area is 177 Å². The number of amides is 1. The molecule has 3 aromatic carbocycles. The van der Waals surface area contributed by atoms with Crippen LogP contribution in [0, 0.1) is 0 Å². The molecule has 5 nitrogen and oxygen atoms in total. The van der Waals surface area contributed by atoms with Crippen LogP contribution in [-0.2, 0) is 10.0 Å². The van der Waals surface area contributed by atoms with Crippen molar-refractivity contribution in [2.24, 2.45) is 0 Å². The summed E-state index contributed by atoms with van der Waals surface area (Å²) in [7, 11) is -3.65. The summed E-state index contributed by atoms with van der Waals surface area (Å²) in [5.74, 6) is -0.351. The molecule has 0 aromatic heterocycles. The van der Waals surface area contributed by atoms with E-state index in [1.54, 1.807) is 12.1 Å². The Morgan fingerprint density at radius 2 is 1.53 bits per heavy atom. The normalized spacial score (nSPS) is 14.5. The first-order chi connectivity index (χ1) is 14.5. The number of rotatable bonds is 6. The van der Waals surface area contributed by atoms with E-state index in [-0.39, 0.29) is 16.8 Å². The molecule has 0 heterocycles. The average Bonchev–Trinajstić information content (AvgIpc) is 3.27. The van der Waals surface area contributed by atoms with Crippen LogP contribution >= 0.6 is 0 Å². The van der Waals surface area contributed by atoms with Crippen LogP contribution < -0.4 is 10.0 Å². The van der Waals surface area contributed by atoms with Crippen molar-refractivity contribution in [3.05, 3.63) is 84.4 Å². The van der Waals surface area contributed by atoms with Crippen LogP contribution in [0.1, 0.15) is 36.0 Å². The topological polar surface area (TPSA) is 75.3 Å². The Hall–Kier alpha value is -2.96. The Kier molecular flexibility index (Phi) is 5.97. The third kappa shape index (κ3) is 4.61. The van der Waals surface area contributed by atoms with Crippen LogP contribution in [0.3, 0.4) is 0 Å². The molecule has 0 spiro atoms. The van der Waals surface area contributed by atoms with Gasteiger partial charge in [0, 0.05) is 22.9 Å². The average molecular weight is 421 g/mol. The molecule has 1 aliphatic rings. The monoisotopic (exact) mass is 420 g/mol. The fourth-order valence-electron chi connectivity index (χ4n) is 3.79. The first-order valence-electron chi connectivity index (χ1n) is 10.1. The van der Waals surface area contributed by atoms with Crippen LogP contribution in [0.4, 0.5) is 5.69 Å². The van der Waals surface area contributed by atoms with Crippen LogP contribution in [0.15, 0.2) is 83.8 Å². The first kappa shape index (κ1) is 20.3. The van der Waals surface area contributed by atoms with E-state index in [1.807, 2.05) is 54.6 Å². The van der Waals surface area contributed by atoms with E-state index in [1.165, 1.54) is 12.1 Å². The smallest absolute Gasteiger partial charge is 0.255 e. The zero-order valence-corrected chi connectivity index (χ0v) is 17.4. The van der Waals surface area contributed by atoms with Crippen LogP contribution in [0.25, 0.3) is 11.1 Å². The highest BCUT2D eigenvalue weighted by Gasteiger charge is 2.23. The van der Waals surface area contributed by atoms with Crippen molar-refractivity contribution in [1.82, 2.24) is 4.72 Å². The molecule has 4 rings (SSSR count). The van der Waals surface area contributed by atoms with E-state index in [9.17, 15) is 13.2 Å². The van der Waals surface area contributed by atoms with E-state index >= 15 is 0 Å². The lowest BCUT2D eigenvalue weighted by atomic mass is 10.0. The predicted molar refractivity (Wildman–Crippen MR) is 119 cm³/mol. The second kappa shape index (κ2) is 8.81. The maximum atomic E-state index is 12.9. The Morgan fingerprint density at radius 3 is 2.30 bits per heavy atom. The minimum absolute atomic E-state index is 0.0229. The van der Waals surface area contributed by atoms with Crippen LogP contribution in [0.5, 0.6) is 0 Å². The number of sulfonamides is 1. The van der Waals surface area contributed by atoms with Gasteiger partial charge in [-0.1, -0.05) is 67.4 Å². The lowest BCUT2D eigenvalue weighted by molar-refractivity contribution is 0.102. The molecule has 0 bridgehead atoms. The van der Waals surface area contributed by atoms with Crippen LogP contribution in [-0.4, -0.2) is 20.4 Å². The van der Waals surface area contributed by atoms with Crippen molar-refractivity contribution in [2.75, 3.05) is 5.32 Å². The molecule has 0 atom stereocenters. The summed E-state index contributed by atoms with van der Waals surface area (Å²) in [6.45, 7) is 0. The highest BCUT2D eigenvalue weighted by atomic mass is 32.2. The standard InChI is InChI=1S/C24H24N2O3S/c27-24(25-23-16-7-6-15-22(23)18-9-2-1-3-10-18)19-11-8-14-21(17-19)30(28,29)26-20-12-4-5-13-20/h1-3,6-11,14-17,20,26H,4-5,12-13H2,(H,25,27). The molecule has 154 valence electrons. The van der Waals surface area contributed by atoms with Gasteiger partial charge < -0.3 is 5.32 Å². The second-order valence-electron chi connectivity index (χ2n) is 7.50. The fourth-order valence-corrected chi connectivity index (χ4v) is 5.14. The third-order valence-corrected chi connectivity index (χ3v) is 6.86. The van der Waals surface area contributed by atoms with Crippen molar-refractivity contribution in [1.29, 1.82) is 0 Å². The summed E-state index contributed by atoms with van der Waals surface area (Å²) in [6.07, 6.45) is 3.79. The van der Waals surface area contributed by atoms with Crippen molar-refractivity contribution >= 4 is 21.6 Å². The predicted octanol–water partition coefficient (Wildman–Crippen LogP) is 4.83. The van der Waals surface area contributed by atoms with Crippen molar-refractivity contribution < 1.29 is 13.2 Å². The number of hydrogen-bond acceptors (Lipinski definition) is 3. The van der Waals surface area contributed by atoms with Crippen LogP contribution in [0.2, 0.25) is 0 Å². The molecule has 3 aromatic rings. The van der Waals surface area contributed by atoms with Gasteiger partial charge in [0.2, 0.25) is 10.0 Å². The summed E-state index contributed by atoms with van der Waals surface area (Å²) in [4.78, 5) is 13.0. The largest absolute Gasteiger partial charge is 0.321 e. The fraction of sp³-hybridized carbons (Fsp3) is 0.208. The lowest BCUT2D eigenvalue weighted by Gasteiger charge is -2.14. The minimum atomic E-state index is -3.65. The zero-order chi connectivity index (χ0) is 21.0. The third-order valence-electron chi connectivity index (χ3n) is 5.34. The molecule has 0 aliphatic heterocycles. The maximum Gasteiger partial charge on any atom is 0.255 e. The molecule has 0 radical (unpaired) electrons. The Morgan fingerprint density at radius 1 is 0.833 bits per heavy atom. The van der Waals surface area contributed by atoms with Gasteiger partial charge in [0.05, 0.1) is 4.90 Å². The van der Waals surface area contributed by atoms with Crippen molar-refractivity contribution in [2.45, 2.75) is 36.6 Å². The minimum Gasteiger partial charge on any atom is -0.321 e. The number of para-hydroxylation sites is 1. The summed E-state index contributed by atoms with van der Waals surface area (Å²) < 4.78 is 28.2. The molecule has 6 heteroatoms. The lowest BCUT2D eigenvalue weighted by Crippen LogP contribution is -2.32. The summed E-state index contributed by atoms with van der Waals surface area (Å²) in [6, 6.07) is 23.5. The second-order valence-corrected chi connectivity index (χ2v) is 9.21. The highest BCUT2D eigenvalue weighted by Crippen LogP contribution is 2.28. The summed E-state index contributed by atoms with van der Waals surface area (Å²) in [5, 5.41) is 2.92. The van der Waals surface area contributed by atoms with E-state index in [2.05, 4.69) is 10.0 Å². The highest BCUT2D eigenvalue weighted by molar-refractivity contribution is 7.89. The SMILES string of the molecule is O=C(Nc1ccccc1-c1ccccc1)c1cccc(S(=O)(=O)NC2CCCC2)c1. The van der Waals surface area contributed by atoms with Gasteiger partial charge in [0.15, 0.2) is 0 Å². The van der Waals surface area contributed by atoms with E-state index < -0.39 is 10.0 Å². The maximum absolute atomic E-state index is 12.9. The number of anilines is 1. The van der Waals surface area contributed by atoms with Crippen molar-refractivity contribution in [3.8, 4) is 11.1 Å². The molecular weight excluding hydrogens is 396 g/mol. The molecule has 0 unspecified atom stereocenters. The van der Waals surface area contributed by atoms with Gasteiger partial charge in [-0.2, -0.15) is 0 Å². The van der Waals surface area contributed by atoms with Gasteiger partial charge >= 0.3 is 0 Å². The van der Waals surface area contributed by atoms with Gasteiger partial charge in [0.1, 0.15) is 0 Å². The molecule has 2 N–H and O–H groups in total. The zero-order valence-electron chi connectivity index (χ0n) is 16.5. The number of hydrogen-bond donors (Lipinski definition) is 2. The Balaban J connectivity index is 1.56. The molecule has 1 amide bonds. The molecule has 30 heavy (non-hydrogen) atoms. The first-order valence-corrected chi connectivity index (χ1v) is 11.6. The van der Waals surface area contributed by atoms with Gasteiger partial charge in [-0.3, -0.25) is 4.79 Å². The van der Waals surface area contributed by atoms with Gasteiger partial charge in [-0.25, -0.2) is 13.1 Å². The van der Waals surface area contributed by atoms with Gasteiger partial charge in [-0.05, 0) is 42.7 Å². The van der Waals surface area contributed by atoms with Crippen molar-refractivity contribution in [3.63, 3.8) is 0 Å². The number of carbonyl (C=O) groups is 1. The van der Waals surface area contributed by atoms with E-state index in [0.717, 1.165) is 36.8 Å². The number of benzene rings is 3. The molecule has 1 saturated carbocycles. The quantitative estimate of drug-likeness (QED) is 0.600. The molecule has 0 saturated heterocycles.